The fourth-order valence-corrected chi connectivity index (χ4v) is 2.75. The van der Waals surface area contributed by atoms with Crippen LogP contribution in [-0.2, 0) is 10.1 Å². The number of benzene rings is 3. The van der Waals surface area contributed by atoms with E-state index in [4.69, 9.17) is 4.55 Å². The molecule has 0 aliphatic carbocycles. The van der Waals surface area contributed by atoms with E-state index in [0.717, 1.165) is 5.56 Å². The normalized spacial score (nSPS) is 12.1. The molecule has 2 N–H and O–H groups in total. The van der Waals surface area contributed by atoms with Crippen LogP contribution in [-0.4, -0.2) is 18.1 Å². The minimum absolute atomic E-state index is 0.0481. The van der Waals surface area contributed by atoms with Gasteiger partial charge in [0.2, 0.25) is 0 Å². The predicted octanol–water partition coefficient (Wildman–Crippen LogP) is 5.78. The third kappa shape index (κ3) is 5.06. The molecular weight excluding hydrogens is 380 g/mol. The van der Waals surface area contributed by atoms with Crippen LogP contribution in [0, 0.1) is 6.92 Å². The van der Waals surface area contributed by atoms with Crippen LogP contribution in [0.3, 0.4) is 0 Å². The van der Waals surface area contributed by atoms with Gasteiger partial charge in [0.05, 0.1) is 22.0 Å². The summed E-state index contributed by atoms with van der Waals surface area (Å²) in [6.45, 7) is 1.89. The highest BCUT2D eigenvalue weighted by atomic mass is 32.2. The van der Waals surface area contributed by atoms with E-state index in [0.29, 0.717) is 17.1 Å². The number of hydrogen-bond acceptors (Lipinski definition) is 7. The van der Waals surface area contributed by atoms with Gasteiger partial charge in [-0.1, -0.05) is 12.1 Å². The average molecular weight is 396 g/mol. The van der Waals surface area contributed by atoms with Gasteiger partial charge >= 0.3 is 0 Å². The molecule has 0 unspecified atom stereocenters. The number of aryl methyl sites for hydroxylation is 1. The van der Waals surface area contributed by atoms with E-state index >= 15 is 0 Å². The summed E-state index contributed by atoms with van der Waals surface area (Å²) in [5, 5.41) is 25.9. The lowest BCUT2D eigenvalue weighted by Crippen LogP contribution is -1.96. The first-order valence-corrected chi connectivity index (χ1v) is 9.56. The Morgan fingerprint density at radius 1 is 0.750 bits per heavy atom. The molecule has 28 heavy (non-hydrogen) atoms. The van der Waals surface area contributed by atoms with Crippen molar-refractivity contribution in [3.63, 3.8) is 0 Å². The van der Waals surface area contributed by atoms with Gasteiger partial charge < -0.3 is 5.11 Å². The average Bonchev–Trinajstić information content (AvgIpc) is 2.67. The van der Waals surface area contributed by atoms with Gasteiger partial charge in [0.1, 0.15) is 11.4 Å². The molecular formula is C19H16N4O4S. The van der Waals surface area contributed by atoms with E-state index in [9.17, 15) is 13.5 Å². The third-order valence-electron chi connectivity index (χ3n) is 3.65. The Morgan fingerprint density at radius 2 is 1.36 bits per heavy atom. The minimum atomic E-state index is -4.29. The lowest BCUT2D eigenvalue weighted by atomic mass is 10.2. The second-order valence-electron chi connectivity index (χ2n) is 5.88. The molecule has 3 aromatic rings. The molecule has 8 nitrogen and oxygen atoms in total. The van der Waals surface area contributed by atoms with Crippen molar-refractivity contribution in [3.05, 3.63) is 72.3 Å². The molecule has 3 rings (SSSR count). The van der Waals surface area contributed by atoms with Gasteiger partial charge in [-0.2, -0.15) is 23.8 Å². The first-order valence-electron chi connectivity index (χ1n) is 8.12. The zero-order valence-corrected chi connectivity index (χ0v) is 15.6. The van der Waals surface area contributed by atoms with Crippen LogP contribution >= 0.6 is 0 Å². The van der Waals surface area contributed by atoms with E-state index in [1.165, 1.54) is 18.2 Å². The van der Waals surface area contributed by atoms with E-state index in [1.54, 1.807) is 48.5 Å². The first-order chi connectivity index (χ1) is 13.3. The lowest BCUT2D eigenvalue weighted by Gasteiger charge is -1.99. The van der Waals surface area contributed by atoms with Crippen LogP contribution in [0.2, 0.25) is 0 Å². The number of aromatic hydroxyl groups is 1. The number of rotatable bonds is 5. The van der Waals surface area contributed by atoms with Crippen molar-refractivity contribution in [1.82, 2.24) is 0 Å². The Kier molecular flexibility index (Phi) is 5.57. The summed E-state index contributed by atoms with van der Waals surface area (Å²) in [7, 11) is -4.29. The summed E-state index contributed by atoms with van der Waals surface area (Å²) in [5.41, 5.74) is 2.71. The van der Waals surface area contributed by atoms with Crippen molar-refractivity contribution < 1.29 is 18.1 Å². The van der Waals surface area contributed by atoms with Crippen LogP contribution in [0.4, 0.5) is 22.7 Å². The molecule has 0 aliphatic heterocycles. The van der Waals surface area contributed by atoms with Gasteiger partial charge in [0, 0.05) is 0 Å². The van der Waals surface area contributed by atoms with E-state index in [-0.39, 0.29) is 16.3 Å². The van der Waals surface area contributed by atoms with Crippen molar-refractivity contribution in [2.75, 3.05) is 0 Å². The van der Waals surface area contributed by atoms with E-state index in [2.05, 4.69) is 20.5 Å². The number of hydrogen-bond donors (Lipinski definition) is 2. The molecule has 0 fully saturated rings. The molecule has 142 valence electrons. The second kappa shape index (κ2) is 8.07. The fourth-order valence-electron chi connectivity index (χ4n) is 2.23. The maximum atomic E-state index is 11.1. The van der Waals surface area contributed by atoms with Crippen molar-refractivity contribution >= 4 is 32.9 Å². The quantitative estimate of drug-likeness (QED) is 0.419. The molecule has 0 atom stereocenters. The van der Waals surface area contributed by atoms with Gasteiger partial charge in [-0.3, -0.25) is 4.55 Å². The highest BCUT2D eigenvalue weighted by Gasteiger charge is 2.09. The SMILES string of the molecule is Cc1ccc(O)c(N=Nc2ccc(N=Nc3cccc(S(=O)(=O)O)c3)cc2)c1. The second-order valence-corrected chi connectivity index (χ2v) is 7.30. The standard InChI is InChI=1S/C19H16N4O4S/c1-13-5-10-19(24)18(11-13)23-21-15-8-6-14(7-9-15)20-22-16-3-2-4-17(12-16)28(25,26)27/h2-12,24H,1H3,(H,25,26,27). The number of phenols is 1. The number of nitrogens with zero attached hydrogens (tertiary/aromatic N) is 4. The lowest BCUT2D eigenvalue weighted by molar-refractivity contribution is 0.476. The van der Waals surface area contributed by atoms with Gasteiger partial charge in [-0.25, -0.2) is 0 Å². The summed E-state index contributed by atoms with van der Waals surface area (Å²) in [5.74, 6) is 0.0481. The molecule has 0 amide bonds. The van der Waals surface area contributed by atoms with Crippen LogP contribution in [0.25, 0.3) is 0 Å². The zero-order valence-electron chi connectivity index (χ0n) is 14.8. The third-order valence-corrected chi connectivity index (χ3v) is 4.50. The number of azo groups is 2. The van der Waals surface area contributed by atoms with Crippen molar-refractivity contribution in [3.8, 4) is 5.75 Å². The van der Waals surface area contributed by atoms with Crippen LogP contribution < -0.4 is 0 Å². The van der Waals surface area contributed by atoms with Gasteiger partial charge in [0.25, 0.3) is 10.1 Å². The highest BCUT2D eigenvalue weighted by molar-refractivity contribution is 7.85. The zero-order chi connectivity index (χ0) is 20.1. The highest BCUT2D eigenvalue weighted by Crippen LogP contribution is 2.29. The van der Waals surface area contributed by atoms with Crippen molar-refractivity contribution in [1.29, 1.82) is 0 Å². The Hall–Kier alpha value is -3.43. The molecule has 9 heteroatoms. The summed E-state index contributed by atoms with van der Waals surface area (Å²) in [6.07, 6.45) is 0. The van der Waals surface area contributed by atoms with Crippen LogP contribution in [0.5, 0.6) is 5.75 Å². The fraction of sp³-hybridized carbons (Fsp3) is 0.0526. The molecule has 0 spiro atoms. The summed E-state index contributed by atoms with van der Waals surface area (Å²) < 4.78 is 31.4. The van der Waals surface area contributed by atoms with Crippen molar-refractivity contribution in [2.24, 2.45) is 20.5 Å². The smallest absolute Gasteiger partial charge is 0.294 e. The van der Waals surface area contributed by atoms with Gasteiger partial charge in [-0.15, -0.1) is 5.11 Å². The maximum Gasteiger partial charge on any atom is 0.294 e. The van der Waals surface area contributed by atoms with Crippen molar-refractivity contribution in [2.45, 2.75) is 11.8 Å². The Morgan fingerprint density at radius 3 is 2.00 bits per heavy atom. The largest absolute Gasteiger partial charge is 0.506 e. The van der Waals surface area contributed by atoms with E-state index in [1.807, 2.05) is 6.92 Å². The predicted molar refractivity (Wildman–Crippen MR) is 104 cm³/mol. The van der Waals surface area contributed by atoms with E-state index < -0.39 is 10.1 Å². The van der Waals surface area contributed by atoms with Gasteiger partial charge in [-0.05, 0) is 67.1 Å². The Bertz CT molecular complexity index is 1160. The molecule has 0 radical (unpaired) electrons. The summed E-state index contributed by atoms with van der Waals surface area (Å²) in [4.78, 5) is -0.251. The molecule has 3 aromatic carbocycles. The number of phenolic OH excluding ortho intramolecular Hbond substituents is 1. The molecule has 0 saturated carbocycles. The Labute approximate surface area is 161 Å². The van der Waals surface area contributed by atoms with Crippen LogP contribution in [0.1, 0.15) is 5.56 Å². The molecule has 0 aliphatic rings. The first kappa shape index (κ1) is 19.3. The summed E-state index contributed by atoms with van der Waals surface area (Å²) >= 11 is 0. The van der Waals surface area contributed by atoms with Crippen LogP contribution in [0.15, 0.2) is 92.1 Å². The molecule has 0 heterocycles. The molecule has 0 aromatic heterocycles. The Balaban J connectivity index is 1.73. The maximum absolute atomic E-state index is 11.1. The topological polar surface area (TPSA) is 124 Å². The molecule has 0 bridgehead atoms. The minimum Gasteiger partial charge on any atom is -0.506 e. The summed E-state index contributed by atoms with van der Waals surface area (Å²) in [6, 6.07) is 17.3. The monoisotopic (exact) mass is 396 g/mol. The van der Waals surface area contributed by atoms with Gasteiger partial charge in [0.15, 0.2) is 0 Å². The molecule has 0 saturated heterocycles.